The summed E-state index contributed by atoms with van der Waals surface area (Å²) in [4.78, 5) is 18.5. The number of aliphatic carboxylic acids is 1. The van der Waals surface area contributed by atoms with Crippen molar-refractivity contribution in [3.63, 3.8) is 0 Å². The van der Waals surface area contributed by atoms with Gasteiger partial charge in [-0.05, 0) is 7.05 Å². The van der Waals surface area contributed by atoms with E-state index < -0.39 is 12.0 Å². The van der Waals surface area contributed by atoms with Crippen LogP contribution in [-0.2, 0) is 4.79 Å². The monoisotopic (exact) mass is 149 g/mol. The Morgan fingerprint density at radius 2 is 1.80 bits per heavy atom. The summed E-state index contributed by atoms with van der Waals surface area (Å²) >= 11 is 0. The highest BCUT2D eigenvalue weighted by molar-refractivity contribution is 5.69. The number of hydrogen-bond acceptors (Lipinski definition) is 3. The van der Waals surface area contributed by atoms with Gasteiger partial charge in [-0.25, -0.2) is 4.79 Å². The predicted molar refractivity (Wildman–Crippen MR) is 35.3 cm³/mol. The smallest absolute Gasteiger partial charge is 0.317 e. The molecule has 6 N–H and O–H groups in total. The maximum absolute atomic E-state index is 9.54. The Hall–Kier alpha value is -1.30. The number of carboxylic acids is 1. The number of urea groups is 1. The van der Waals surface area contributed by atoms with Gasteiger partial charge in [0.05, 0.1) is 6.54 Å². The molecule has 0 spiro atoms. The van der Waals surface area contributed by atoms with Crippen molar-refractivity contribution in [2.24, 2.45) is 11.5 Å². The van der Waals surface area contributed by atoms with E-state index >= 15 is 0 Å². The number of amides is 2. The number of rotatable bonds is 2. The second-order valence-corrected chi connectivity index (χ2v) is 1.33. The highest BCUT2D eigenvalue weighted by atomic mass is 16.4. The molecule has 0 saturated heterocycles. The van der Waals surface area contributed by atoms with Crippen LogP contribution in [0.2, 0.25) is 0 Å². The first-order valence-corrected chi connectivity index (χ1v) is 2.42. The molecule has 6 nitrogen and oxygen atoms in total. The molecule has 0 unspecified atom stereocenters. The Balaban J connectivity index is 0. The lowest BCUT2D eigenvalue weighted by atomic mass is 10.7. The molecular weight excluding hydrogens is 138 g/mol. The largest absolute Gasteiger partial charge is 0.480 e. The highest BCUT2D eigenvalue weighted by Crippen LogP contribution is 1.50. The molecule has 0 aliphatic carbocycles. The molecule has 0 aromatic heterocycles. The molecule has 0 atom stereocenters. The van der Waals surface area contributed by atoms with Crippen molar-refractivity contribution in [3.05, 3.63) is 0 Å². The Kier molecular flexibility index (Phi) is 8.85. The van der Waals surface area contributed by atoms with Crippen LogP contribution in [-0.4, -0.2) is 30.7 Å². The predicted octanol–water partition coefficient (Wildman–Crippen LogP) is -1.69. The van der Waals surface area contributed by atoms with Gasteiger partial charge in [0.1, 0.15) is 0 Å². The zero-order valence-electron chi connectivity index (χ0n) is 5.63. The SMILES string of the molecule is CNCC(=O)O.NC(N)=O. The van der Waals surface area contributed by atoms with Crippen molar-refractivity contribution < 1.29 is 14.7 Å². The fourth-order valence-corrected chi connectivity index (χ4v) is 0.151. The zero-order valence-corrected chi connectivity index (χ0v) is 5.63. The molecule has 0 aromatic rings. The van der Waals surface area contributed by atoms with Crippen LogP contribution in [0.25, 0.3) is 0 Å². The van der Waals surface area contributed by atoms with E-state index in [1.165, 1.54) is 0 Å². The number of hydrogen-bond donors (Lipinski definition) is 4. The van der Waals surface area contributed by atoms with Crippen LogP contribution in [0.15, 0.2) is 0 Å². The van der Waals surface area contributed by atoms with Crippen LogP contribution in [0.5, 0.6) is 0 Å². The lowest BCUT2D eigenvalue weighted by molar-refractivity contribution is -0.135. The van der Waals surface area contributed by atoms with Crippen molar-refractivity contribution in [2.45, 2.75) is 0 Å². The summed E-state index contributed by atoms with van der Waals surface area (Å²) in [5.41, 5.74) is 8.50. The Morgan fingerprint density at radius 3 is 1.80 bits per heavy atom. The molecule has 0 radical (unpaired) electrons. The number of carbonyl (C=O) groups excluding carboxylic acids is 1. The molecule has 0 aliphatic heterocycles. The minimum absolute atomic E-state index is 0.0417. The summed E-state index contributed by atoms with van der Waals surface area (Å²) in [6.45, 7) is 0.0417. The van der Waals surface area contributed by atoms with E-state index in [-0.39, 0.29) is 6.54 Å². The van der Waals surface area contributed by atoms with Crippen molar-refractivity contribution in [2.75, 3.05) is 13.6 Å². The van der Waals surface area contributed by atoms with Crippen LogP contribution < -0.4 is 16.8 Å². The number of likely N-dealkylation sites (N-methyl/N-ethyl adjacent to an activating group) is 1. The molecule has 10 heavy (non-hydrogen) atoms. The lowest BCUT2D eigenvalue weighted by Gasteiger charge is -1.84. The molecule has 0 aliphatic rings. The number of nitrogens with one attached hydrogen (secondary N) is 1. The van der Waals surface area contributed by atoms with Gasteiger partial charge in [-0.3, -0.25) is 4.79 Å². The fourth-order valence-electron chi connectivity index (χ4n) is 0.151. The summed E-state index contributed by atoms with van der Waals surface area (Å²) in [7, 11) is 1.59. The van der Waals surface area contributed by atoms with Crippen molar-refractivity contribution in [1.29, 1.82) is 0 Å². The summed E-state index contributed by atoms with van der Waals surface area (Å²) in [6, 6.07) is -0.833. The highest BCUT2D eigenvalue weighted by Gasteiger charge is 1.86. The van der Waals surface area contributed by atoms with Crippen LogP contribution in [0, 0.1) is 0 Å². The Bertz CT molecular complexity index is 110. The van der Waals surface area contributed by atoms with E-state index in [4.69, 9.17) is 9.90 Å². The first kappa shape index (κ1) is 11.5. The topological polar surface area (TPSA) is 118 Å². The second-order valence-electron chi connectivity index (χ2n) is 1.33. The van der Waals surface area contributed by atoms with Crippen LogP contribution in [0.4, 0.5) is 4.79 Å². The number of primary amides is 2. The minimum atomic E-state index is -0.833. The summed E-state index contributed by atoms with van der Waals surface area (Å²) in [5.74, 6) is -0.822. The quantitative estimate of drug-likeness (QED) is 0.374. The van der Waals surface area contributed by atoms with E-state index in [2.05, 4.69) is 16.8 Å². The normalized spacial score (nSPS) is 7.30. The molecule has 0 aromatic carbocycles. The van der Waals surface area contributed by atoms with Crippen LogP contribution in [0.3, 0.4) is 0 Å². The zero-order chi connectivity index (χ0) is 8.57. The van der Waals surface area contributed by atoms with E-state index in [9.17, 15) is 4.79 Å². The minimum Gasteiger partial charge on any atom is -0.480 e. The van der Waals surface area contributed by atoms with Gasteiger partial charge in [0.2, 0.25) is 0 Å². The molecule has 60 valence electrons. The average Bonchev–Trinajstić information content (AvgIpc) is 1.62. The van der Waals surface area contributed by atoms with Gasteiger partial charge < -0.3 is 21.9 Å². The molecular formula is C4H11N3O3. The number of carbonyl (C=O) groups is 2. The summed E-state index contributed by atoms with van der Waals surface area (Å²) < 4.78 is 0. The molecule has 0 heterocycles. The van der Waals surface area contributed by atoms with E-state index in [1.54, 1.807) is 7.05 Å². The van der Waals surface area contributed by atoms with Gasteiger partial charge in [-0.2, -0.15) is 0 Å². The fraction of sp³-hybridized carbons (Fsp3) is 0.500. The van der Waals surface area contributed by atoms with Crippen molar-refractivity contribution in [3.8, 4) is 0 Å². The maximum atomic E-state index is 9.54. The van der Waals surface area contributed by atoms with E-state index in [1.807, 2.05) is 0 Å². The third kappa shape index (κ3) is 75.3. The lowest BCUT2D eigenvalue weighted by Crippen LogP contribution is -2.18. The van der Waals surface area contributed by atoms with Crippen molar-refractivity contribution in [1.82, 2.24) is 5.32 Å². The van der Waals surface area contributed by atoms with Gasteiger partial charge in [-0.15, -0.1) is 0 Å². The van der Waals surface area contributed by atoms with Gasteiger partial charge in [0.15, 0.2) is 0 Å². The molecule has 0 fully saturated rings. The summed E-state index contributed by atoms with van der Waals surface area (Å²) in [5, 5.41) is 10.3. The Morgan fingerprint density at radius 1 is 1.50 bits per heavy atom. The first-order valence-electron chi connectivity index (χ1n) is 2.42. The summed E-state index contributed by atoms with van der Waals surface area (Å²) in [6.07, 6.45) is 0. The third-order valence-electron chi connectivity index (χ3n) is 0.328. The van der Waals surface area contributed by atoms with Gasteiger partial charge in [0, 0.05) is 0 Å². The molecule has 6 heteroatoms. The van der Waals surface area contributed by atoms with Crippen LogP contribution in [0.1, 0.15) is 0 Å². The third-order valence-corrected chi connectivity index (χ3v) is 0.328. The number of carboxylic acid groups (broad SMARTS) is 1. The van der Waals surface area contributed by atoms with Gasteiger partial charge >= 0.3 is 12.0 Å². The second kappa shape index (κ2) is 7.70. The van der Waals surface area contributed by atoms with Gasteiger partial charge in [-0.1, -0.05) is 0 Å². The first-order chi connectivity index (χ1) is 4.50. The number of nitrogens with two attached hydrogens (primary N) is 2. The van der Waals surface area contributed by atoms with E-state index in [0.717, 1.165) is 0 Å². The molecule has 0 rings (SSSR count). The van der Waals surface area contributed by atoms with Crippen molar-refractivity contribution >= 4 is 12.0 Å². The maximum Gasteiger partial charge on any atom is 0.317 e. The average molecular weight is 149 g/mol. The molecule has 2 amide bonds. The molecule has 0 saturated carbocycles. The van der Waals surface area contributed by atoms with Gasteiger partial charge in [0.25, 0.3) is 0 Å². The van der Waals surface area contributed by atoms with Crippen LogP contribution >= 0.6 is 0 Å². The molecule has 0 bridgehead atoms. The Labute approximate surface area is 58.2 Å². The standard InChI is InChI=1S/C3H7NO2.CH4N2O/c1-4-2-3(5)6;2-1(3)4/h4H,2H2,1H3,(H,5,6);(H4,2,3,4). The van der Waals surface area contributed by atoms with E-state index in [0.29, 0.717) is 0 Å².